The van der Waals surface area contributed by atoms with Gasteiger partial charge in [-0.3, -0.25) is 9.59 Å². The third-order valence-electron chi connectivity index (χ3n) is 1.95. The molecule has 0 spiro atoms. The summed E-state index contributed by atoms with van der Waals surface area (Å²) in [5, 5.41) is 8.58. The molecule has 0 aliphatic heterocycles. The van der Waals surface area contributed by atoms with Gasteiger partial charge in [0.1, 0.15) is 0 Å². The minimum absolute atomic E-state index is 0.0381. The van der Waals surface area contributed by atoms with Crippen LogP contribution in [0.15, 0.2) is 10.9 Å². The molecule has 1 aromatic rings. The predicted molar refractivity (Wildman–Crippen MR) is 53.0 cm³/mol. The standard InChI is InChI=1S/C9H9F3N2O4/c10-9(11,12)18-6-1-4(2-7(15)16)5(3-13)14-8(6)17/h1H,2-3,13H2,(H,14,17)(H,15,16). The number of aliphatic carboxylic acids is 1. The SMILES string of the molecule is NCc1[nH]c(=O)c(OC(F)(F)F)cc1CC(=O)O. The minimum Gasteiger partial charge on any atom is -0.481 e. The van der Waals surface area contributed by atoms with Crippen LogP contribution in [0.1, 0.15) is 11.3 Å². The van der Waals surface area contributed by atoms with Gasteiger partial charge in [0, 0.05) is 12.2 Å². The monoisotopic (exact) mass is 266 g/mol. The summed E-state index contributed by atoms with van der Waals surface area (Å²) < 4.78 is 39.4. The third-order valence-corrected chi connectivity index (χ3v) is 1.95. The second-order valence-electron chi connectivity index (χ2n) is 3.29. The quantitative estimate of drug-likeness (QED) is 0.729. The molecule has 100 valence electrons. The molecular weight excluding hydrogens is 257 g/mol. The first-order chi connectivity index (χ1) is 8.23. The van der Waals surface area contributed by atoms with E-state index in [1.807, 2.05) is 0 Å². The summed E-state index contributed by atoms with van der Waals surface area (Å²) in [5.41, 5.74) is 4.14. The summed E-state index contributed by atoms with van der Waals surface area (Å²) >= 11 is 0. The van der Waals surface area contributed by atoms with Crippen molar-refractivity contribution >= 4 is 5.97 Å². The average Bonchev–Trinajstić information content (AvgIpc) is 2.19. The van der Waals surface area contributed by atoms with E-state index < -0.39 is 30.1 Å². The molecule has 1 rings (SSSR count). The van der Waals surface area contributed by atoms with Gasteiger partial charge in [0.25, 0.3) is 5.56 Å². The number of carbonyl (C=O) groups is 1. The Morgan fingerprint density at radius 3 is 2.56 bits per heavy atom. The van der Waals surface area contributed by atoms with Gasteiger partial charge in [-0.1, -0.05) is 0 Å². The van der Waals surface area contributed by atoms with Crippen LogP contribution in [0.5, 0.6) is 5.75 Å². The largest absolute Gasteiger partial charge is 0.573 e. The first kappa shape index (κ1) is 14.0. The summed E-state index contributed by atoms with van der Waals surface area (Å²) in [5.74, 6) is -2.29. The Morgan fingerprint density at radius 1 is 1.50 bits per heavy atom. The molecule has 1 heterocycles. The molecule has 0 unspecified atom stereocenters. The van der Waals surface area contributed by atoms with Crippen molar-refractivity contribution < 1.29 is 27.8 Å². The third kappa shape index (κ3) is 3.77. The molecule has 9 heteroatoms. The minimum atomic E-state index is -5.03. The summed E-state index contributed by atoms with van der Waals surface area (Å²) in [6, 6.07) is 0.725. The maximum absolute atomic E-state index is 12.0. The normalized spacial score (nSPS) is 11.3. The van der Waals surface area contributed by atoms with E-state index in [0.717, 1.165) is 6.07 Å². The number of rotatable bonds is 4. The molecule has 4 N–H and O–H groups in total. The Bertz CT molecular complexity index is 510. The van der Waals surface area contributed by atoms with Gasteiger partial charge >= 0.3 is 12.3 Å². The van der Waals surface area contributed by atoms with E-state index in [1.54, 1.807) is 0 Å². The molecule has 1 aromatic heterocycles. The van der Waals surface area contributed by atoms with Crippen LogP contribution in [0.2, 0.25) is 0 Å². The summed E-state index contributed by atoms with van der Waals surface area (Å²) in [6.45, 7) is -0.204. The topological polar surface area (TPSA) is 105 Å². The van der Waals surface area contributed by atoms with Crippen LogP contribution in [0.4, 0.5) is 13.2 Å². The molecule has 0 amide bonds. The Hall–Kier alpha value is -2.03. The van der Waals surface area contributed by atoms with E-state index in [4.69, 9.17) is 10.8 Å². The molecule has 0 bridgehead atoms. The van der Waals surface area contributed by atoms with E-state index in [2.05, 4.69) is 9.72 Å². The van der Waals surface area contributed by atoms with Crippen molar-refractivity contribution in [2.75, 3.05) is 0 Å². The van der Waals surface area contributed by atoms with Crippen molar-refractivity contribution in [2.24, 2.45) is 5.73 Å². The molecule has 0 saturated carbocycles. The van der Waals surface area contributed by atoms with E-state index in [-0.39, 0.29) is 17.8 Å². The van der Waals surface area contributed by atoms with Gasteiger partial charge in [0.2, 0.25) is 0 Å². The number of aromatic nitrogens is 1. The number of H-pyrrole nitrogens is 1. The lowest BCUT2D eigenvalue weighted by Crippen LogP contribution is -2.25. The molecule has 0 aromatic carbocycles. The summed E-state index contributed by atoms with van der Waals surface area (Å²) in [6.07, 6.45) is -5.60. The number of halogens is 3. The fourth-order valence-electron chi connectivity index (χ4n) is 1.29. The maximum atomic E-state index is 12.0. The molecule has 0 saturated heterocycles. The number of hydrogen-bond donors (Lipinski definition) is 3. The number of carboxylic acids is 1. The van der Waals surface area contributed by atoms with Crippen LogP contribution >= 0.6 is 0 Å². The molecule has 0 aliphatic rings. The van der Waals surface area contributed by atoms with Crippen LogP contribution in [0.3, 0.4) is 0 Å². The predicted octanol–water partition coefficient (Wildman–Crippen LogP) is 0.359. The Labute approximate surface area is 98.2 Å². The fraction of sp³-hybridized carbons (Fsp3) is 0.333. The number of nitrogens with two attached hydrogens (primary N) is 1. The highest BCUT2D eigenvalue weighted by Gasteiger charge is 2.32. The molecule has 6 nitrogen and oxygen atoms in total. The Morgan fingerprint density at radius 2 is 2.11 bits per heavy atom. The van der Waals surface area contributed by atoms with Crippen LogP contribution in [0, 0.1) is 0 Å². The smallest absolute Gasteiger partial charge is 0.481 e. The lowest BCUT2D eigenvalue weighted by molar-refractivity contribution is -0.275. The molecule has 0 atom stereocenters. The number of ether oxygens (including phenoxy) is 1. The number of alkyl halides is 3. The first-order valence-electron chi connectivity index (χ1n) is 4.65. The van der Waals surface area contributed by atoms with Crippen LogP contribution in [-0.4, -0.2) is 22.4 Å². The van der Waals surface area contributed by atoms with Gasteiger partial charge in [-0.2, -0.15) is 0 Å². The lowest BCUT2D eigenvalue weighted by atomic mass is 10.1. The van der Waals surface area contributed by atoms with Gasteiger partial charge < -0.3 is 20.6 Å². The number of carboxylic acid groups (broad SMARTS) is 1. The zero-order chi connectivity index (χ0) is 13.9. The van der Waals surface area contributed by atoms with Gasteiger partial charge in [0.15, 0.2) is 5.75 Å². The van der Waals surface area contributed by atoms with Crippen LogP contribution in [0.25, 0.3) is 0 Å². The molecular formula is C9H9F3N2O4. The summed E-state index contributed by atoms with van der Waals surface area (Å²) in [7, 11) is 0. The Kier molecular flexibility index (Phi) is 3.96. The second-order valence-corrected chi connectivity index (χ2v) is 3.29. The zero-order valence-corrected chi connectivity index (χ0v) is 8.87. The number of hydrogen-bond acceptors (Lipinski definition) is 4. The summed E-state index contributed by atoms with van der Waals surface area (Å²) in [4.78, 5) is 23.8. The number of aromatic amines is 1. The van der Waals surface area contributed by atoms with Crippen molar-refractivity contribution in [2.45, 2.75) is 19.3 Å². The van der Waals surface area contributed by atoms with Crippen LogP contribution < -0.4 is 16.0 Å². The van der Waals surface area contributed by atoms with Crippen molar-refractivity contribution in [1.82, 2.24) is 4.98 Å². The van der Waals surface area contributed by atoms with Gasteiger partial charge in [0.05, 0.1) is 6.42 Å². The first-order valence-corrected chi connectivity index (χ1v) is 4.65. The number of pyridine rings is 1. The van der Waals surface area contributed by atoms with E-state index >= 15 is 0 Å². The van der Waals surface area contributed by atoms with E-state index in [1.165, 1.54) is 0 Å². The average molecular weight is 266 g/mol. The van der Waals surface area contributed by atoms with E-state index in [0.29, 0.717) is 0 Å². The maximum Gasteiger partial charge on any atom is 0.573 e. The highest BCUT2D eigenvalue weighted by atomic mass is 19.4. The second kappa shape index (κ2) is 5.08. The molecule has 0 radical (unpaired) electrons. The fourth-order valence-corrected chi connectivity index (χ4v) is 1.29. The Balaban J connectivity index is 3.21. The van der Waals surface area contributed by atoms with Gasteiger partial charge in [-0.25, -0.2) is 0 Å². The molecule has 18 heavy (non-hydrogen) atoms. The van der Waals surface area contributed by atoms with Crippen molar-refractivity contribution in [1.29, 1.82) is 0 Å². The molecule has 0 aliphatic carbocycles. The van der Waals surface area contributed by atoms with Gasteiger partial charge in [-0.05, 0) is 11.6 Å². The highest BCUT2D eigenvalue weighted by Crippen LogP contribution is 2.21. The molecule has 0 fully saturated rings. The van der Waals surface area contributed by atoms with Gasteiger partial charge in [-0.15, -0.1) is 13.2 Å². The van der Waals surface area contributed by atoms with Crippen LogP contribution in [-0.2, 0) is 17.8 Å². The highest BCUT2D eigenvalue weighted by molar-refractivity contribution is 5.70. The van der Waals surface area contributed by atoms with E-state index in [9.17, 15) is 22.8 Å². The number of nitrogens with one attached hydrogen (secondary N) is 1. The van der Waals surface area contributed by atoms with Crippen molar-refractivity contribution in [3.8, 4) is 5.75 Å². The van der Waals surface area contributed by atoms with Crippen molar-refractivity contribution in [3.05, 3.63) is 27.7 Å². The van der Waals surface area contributed by atoms with Crippen molar-refractivity contribution in [3.63, 3.8) is 0 Å². The zero-order valence-electron chi connectivity index (χ0n) is 8.87. The lowest BCUT2D eigenvalue weighted by Gasteiger charge is -2.11.